The fourth-order valence-electron chi connectivity index (χ4n) is 1.89. The van der Waals surface area contributed by atoms with Crippen molar-refractivity contribution in [1.82, 2.24) is 15.5 Å². The van der Waals surface area contributed by atoms with Gasteiger partial charge in [-0.15, -0.1) is 12.4 Å². The standard InChI is InChI=1S/C14H17ClN4O.ClH/c15-11-5-3-4-10(8-11)13-12(9-18-19-13)14(20)17-7-2-1-6-16;/h3-5,8-9H,1-2,6-7,16H2,(H,17,20)(H,18,19);1H. The number of halogens is 2. The normalized spacial score (nSPS) is 10.0. The van der Waals surface area contributed by atoms with Crippen LogP contribution in [0.5, 0.6) is 0 Å². The molecular weight excluding hydrogens is 311 g/mol. The van der Waals surface area contributed by atoms with Gasteiger partial charge in [0.1, 0.15) is 0 Å². The van der Waals surface area contributed by atoms with Gasteiger partial charge in [0.25, 0.3) is 5.91 Å². The Morgan fingerprint density at radius 3 is 2.90 bits per heavy atom. The van der Waals surface area contributed by atoms with Gasteiger partial charge in [-0.25, -0.2) is 0 Å². The van der Waals surface area contributed by atoms with E-state index in [0.717, 1.165) is 18.4 Å². The van der Waals surface area contributed by atoms with E-state index < -0.39 is 0 Å². The van der Waals surface area contributed by atoms with Gasteiger partial charge in [0, 0.05) is 17.1 Å². The Balaban J connectivity index is 0.00000220. The summed E-state index contributed by atoms with van der Waals surface area (Å²) in [6.45, 7) is 1.24. The van der Waals surface area contributed by atoms with Crippen LogP contribution in [-0.2, 0) is 0 Å². The predicted molar refractivity (Wildman–Crippen MR) is 86.9 cm³/mol. The lowest BCUT2D eigenvalue weighted by Crippen LogP contribution is -2.25. The Morgan fingerprint density at radius 2 is 2.19 bits per heavy atom. The second-order valence-corrected chi connectivity index (χ2v) is 4.86. The molecule has 4 N–H and O–H groups in total. The van der Waals surface area contributed by atoms with E-state index in [4.69, 9.17) is 17.3 Å². The molecule has 2 aromatic rings. The average molecular weight is 329 g/mol. The van der Waals surface area contributed by atoms with E-state index in [0.29, 0.717) is 29.4 Å². The highest BCUT2D eigenvalue weighted by atomic mass is 35.5. The molecule has 0 atom stereocenters. The summed E-state index contributed by atoms with van der Waals surface area (Å²) < 4.78 is 0. The molecule has 0 spiro atoms. The van der Waals surface area contributed by atoms with Crippen molar-refractivity contribution in [3.8, 4) is 11.3 Å². The van der Waals surface area contributed by atoms with Gasteiger partial charge in [-0.1, -0.05) is 23.7 Å². The highest BCUT2D eigenvalue weighted by Crippen LogP contribution is 2.23. The molecule has 0 aliphatic rings. The van der Waals surface area contributed by atoms with E-state index in [2.05, 4.69) is 15.5 Å². The molecule has 21 heavy (non-hydrogen) atoms. The first-order chi connectivity index (χ1) is 9.72. The lowest BCUT2D eigenvalue weighted by Gasteiger charge is -2.05. The maximum atomic E-state index is 12.1. The molecule has 1 aromatic carbocycles. The summed E-state index contributed by atoms with van der Waals surface area (Å²) in [5.41, 5.74) is 7.43. The lowest BCUT2D eigenvalue weighted by molar-refractivity contribution is 0.0954. The Kier molecular flexibility index (Phi) is 7.22. The van der Waals surface area contributed by atoms with E-state index in [1.54, 1.807) is 12.1 Å². The summed E-state index contributed by atoms with van der Waals surface area (Å²) >= 11 is 5.97. The van der Waals surface area contributed by atoms with Crippen LogP contribution >= 0.6 is 24.0 Å². The third kappa shape index (κ3) is 4.74. The van der Waals surface area contributed by atoms with Crippen LogP contribution in [0, 0.1) is 0 Å². The van der Waals surface area contributed by atoms with Gasteiger partial charge in [-0.05, 0) is 31.5 Å². The van der Waals surface area contributed by atoms with Crippen LogP contribution in [0.3, 0.4) is 0 Å². The van der Waals surface area contributed by atoms with Crippen molar-refractivity contribution >= 4 is 29.9 Å². The molecular formula is C14H18Cl2N4O. The number of nitrogens with one attached hydrogen (secondary N) is 2. The van der Waals surface area contributed by atoms with Crippen LogP contribution in [-0.4, -0.2) is 29.2 Å². The molecule has 1 aromatic heterocycles. The summed E-state index contributed by atoms with van der Waals surface area (Å²) in [7, 11) is 0. The Labute approximate surface area is 134 Å². The Bertz CT molecular complexity index is 586. The number of hydrogen-bond donors (Lipinski definition) is 3. The minimum atomic E-state index is -0.147. The van der Waals surface area contributed by atoms with Crippen molar-refractivity contribution in [3.63, 3.8) is 0 Å². The molecule has 0 fully saturated rings. The summed E-state index contributed by atoms with van der Waals surface area (Å²) in [5.74, 6) is -0.147. The molecule has 0 radical (unpaired) electrons. The fraction of sp³-hybridized carbons (Fsp3) is 0.286. The van der Waals surface area contributed by atoms with Gasteiger partial charge in [-0.2, -0.15) is 5.10 Å². The van der Waals surface area contributed by atoms with E-state index in [9.17, 15) is 4.79 Å². The maximum Gasteiger partial charge on any atom is 0.255 e. The third-order valence-electron chi connectivity index (χ3n) is 2.91. The molecule has 7 heteroatoms. The van der Waals surface area contributed by atoms with Gasteiger partial charge >= 0.3 is 0 Å². The summed E-state index contributed by atoms with van der Waals surface area (Å²) in [6, 6.07) is 7.29. The molecule has 1 heterocycles. The first kappa shape index (κ1) is 17.5. The number of hydrogen-bond acceptors (Lipinski definition) is 3. The van der Waals surface area contributed by atoms with E-state index in [-0.39, 0.29) is 18.3 Å². The summed E-state index contributed by atoms with van der Waals surface area (Å²) in [4.78, 5) is 12.1. The summed E-state index contributed by atoms with van der Waals surface area (Å²) in [5, 5.41) is 10.3. The number of unbranched alkanes of at least 4 members (excludes halogenated alkanes) is 1. The van der Waals surface area contributed by atoms with Crippen LogP contribution in [0.15, 0.2) is 30.5 Å². The molecule has 0 aliphatic heterocycles. The molecule has 0 bridgehead atoms. The number of benzene rings is 1. The number of carbonyl (C=O) groups excluding carboxylic acids is 1. The van der Waals surface area contributed by atoms with Gasteiger partial charge in [0.2, 0.25) is 0 Å². The van der Waals surface area contributed by atoms with Crippen LogP contribution in [0.2, 0.25) is 5.02 Å². The van der Waals surface area contributed by atoms with Gasteiger partial charge < -0.3 is 11.1 Å². The van der Waals surface area contributed by atoms with Crippen molar-refractivity contribution < 1.29 is 4.79 Å². The SMILES string of the molecule is Cl.NCCCCNC(=O)c1cn[nH]c1-c1cccc(Cl)c1. The average Bonchev–Trinajstić information content (AvgIpc) is 2.93. The Hall–Kier alpha value is -1.56. The number of carbonyl (C=O) groups is 1. The molecule has 5 nitrogen and oxygen atoms in total. The zero-order valence-electron chi connectivity index (χ0n) is 11.4. The zero-order valence-corrected chi connectivity index (χ0v) is 13.0. The number of aromatic amines is 1. The highest BCUT2D eigenvalue weighted by molar-refractivity contribution is 6.30. The van der Waals surface area contributed by atoms with Crippen molar-refractivity contribution in [1.29, 1.82) is 0 Å². The van der Waals surface area contributed by atoms with E-state index >= 15 is 0 Å². The zero-order chi connectivity index (χ0) is 14.4. The topological polar surface area (TPSA) is 83.8 Å². The minimum absolute atomic E-state index is 0. The number of nitrogens with two attached hydrogens (primary N) is 1. The number of nitrogens with zero attached hydrogens (tertiary/aromatic N) is 1. The molecule has 0 unspecified atom stereocenters. The molecule has 1 amide bonds. The van der Waals surface area contributed by atoms with Crippen molar-refractivity contribution in [2.75, 3.05) is 13.1 Å². The predicted octanol–water partition coefficient (Wildman–Crippen LogP) is 2.62. The molecule has 0 aliphatic carbocycles. The van der Waals surface area contributed by atoms with E-state index in [1.165, 1.54) is 6.20 Å². The first-order valence-corrected chi connectivity index (χ1v) is 6.87. The molecule has 0 saturated carbocycles. The second-order valence-electron chi connectivity index (χ2n) is 4.42. The lowest BCUT2D eigenvalue weighted by atomic mass is 10.1. The van der Waals surface area contributed by atoms with Gasteiger partial charge in [-0.3, -0.25) is 9.89 Å². The minimum Gasteiger partial charge on any atom is -0.352 e. The highest BCUT2D eigenvalue weighted by Gasteiger charge is 2.14. The number of amides is 1. The van der Waals surface area contributed by atoms with Crippen molar-refractivity contribution in [3.05, 3.63) is 41.0 Å². The number of aromatic nitrogens is 2. The Morgan fingerprint density at radius 1 is 1.38 bits per heavy atom. The van der Waals surface area contributed by atoms with Crippen LogP contribution < -0.4 is 11.1 Å². The number of rotatable bonds is 6. The smallest absolute Gasteiger partial charge is 0.255 e. The molecule has 0 saturated heterocycles. The van der Waals surface area contributed by atoms with Gasteiger partial charge in [0.15, 0.2) is 0 Å². The monoisotopic (exact) mass is 328 g/mol. The summed E-state index contributed by atoms with van der Waals surface area (Å²) in [6.07, 6.45) is 3.29. The van der Waals surface area contributed by atoms with Crippen LogP contribution in [0.1, 0.15) is 23.2 Å². The second kappa shape index (κ2) is 8.67. The molecule has 2 rings (SSSR count). The van der Waals surface area contributed by atoms with Crippen molar-refractivity contribution in [2.24, 2.45) is 5.73 Å². The number of H-pyrrole nitrogens is 1. The van der Waals surface area contributed by atoms with Gasteiger partial charge in [0.05, 0.1) is 17.5 Å². The van der Waals surface area contributed by atoms with Crippen LogP contribution in [0.25, 0.3) is 11.3 Å². The third-order valence-corrected chi connectivity index (χ3v) is 3.15. The van der Waals surface area contributed by atoms with Crippen molar-refractivity contribution in [2.45, 2.75) is 12.8 Å². The maximum absolute atomic E-state index is 12.1. The quantitative estimate of drug-likeness (QED) is 0.712. The largest absolute Gasteiger partial charge is 0.352 e. The first-order valence-electron chi connectivity index (χ1n) is 6.50. The molecule has 114 valence electrons. The van der Waals surface area contributed by atoms with E-state index in [1.807, 2.05) is 12.1 Å². The van der Waals surface area contributed by atoms with Crippen LogP contribution in [0.4, 0.5) is 0 Å². The fourth-order valence-corrected chi connectivity index (χ4v) is 2.08.